The van der Waals surface area contributed by atoms with Gasteiger partial charge in [0.2, 0.25) is 5.95 Å². The summed E-state index contributed by atoms with van der Waals surface area (Å²) in [5.74, 6) is 2.07. The van der Waals surface area contributed by atoms with Gasteiger partial charge in [0.15, 0.2) is 0 Å². The molecule has 1 aliphatic rings. The van der Waals surface area contributed by atoms with Gasteiger partial charge in [0.1, 0.15) is 10.6 Å². The van der Waals surface area contributed by atoms with E-state index in [9.17, 15) is 0 Å². The number of hydrogen-bond donors (Lipinski definition) is 2. The van der Waals surface area contributed by atoms with Gasteiger partial charge < -0.3 is 11.1 Å². The Morgan fingerprint density at radius 2 is 2.21 bits per heavy atom. The van der Waals surface area contributed by atoms with Crippen LogP contribution in [0.25, 0.3) is 10.2 Å². The second-order valence-electron chi connectivity index (χ2n) is 5.62. The Labute approximate surface area is 117 Å². The summed E-state index contributed by atoms with van der Waals surface area (Å²) in [5, 5.41) is 4.69. The summed E-state index contributed by atoms with van der Waals surface area (Å²) in [4.78, 5) is 10.9. The van der Waals surface area contributed by atoms with E-state index >= 15 is 0 Å². The third-order valence-corrected chi connectivity index (χ3v) is 4.75. The van der Waals surface area contributed by atoms with Crippen LogP contribution >= 0.6 is 11.3 Å². The van der Waals surface area contributed by atoms with E-state index < -0.39 is 0 Å². The lowest BCUT2D eigenvalue weighted by atomic mass is 9.87. The highest BCUT2D eigenvalue weighted by Gasteiger charge is 2.20. The fourth-order valence-electron chi connectivity index (χ4n) is 2.93. The highest BCUT2D eigenvalue weighted by atomic mass is 32.1. The van der Waals surface area contributed by atoms with Gasteiger partial charge in [0.05, 0.1) is 5.39 Å². The lowest BCUT2D eigenvalue weighted by Gasteiger charge is -2.28. The molecule has 0 amide bonds. The van der Waals surface area contributed by atoms with E-state index in [1.165, 1.54) is 30.6 Å². The normalized spacial score (nSPS) is 23.7. The lowest BCUT2D eigenvalue weighted by Crippen LogP contribution is -2.26. The summed E-state index contributed by atoms with van der Waals surface area (Å²) >= 11 is 1.67. The van der Waals surface area contributed by atoms with Crippen LogP contribution in [0.15, 0.2) is 6.07 Å². The number of fused-ring (bicyclic) bond motifs is 1. The van der Waals surface area contributed by atoms with Crippen LogP contribution in [0.2, 0.25) is 0 Å². The van der Waals surface area contributed by atoms with E-state index in [0.29, 0.717) is 12.0 Å². The van der Waals surface area contributed by atoms with Crippen LogP contribution in [-0.2, 0) is 0 Å². The Kier molecular flexibility index (Phi) is 3.31. The molecule has 2 aromatic heterocycles. The van der Waals surface area contributed by atoms with Gasteiger partial charge in [-0.1, -0.05) is 19.8 Å². The molecule has 1 fully saturated rings. The topological polar surface area (TPSA) is 63.8 Å². The Morgan fingerprint density at radius 1 is 1.37 bits per heavy atom. The van der Waals surface area contributed by atoms with Crippen molar-refractivity contribution in [2.24, 2.45) is 5.92 Å². The summed E-state index contributed by atoms with van der Waals surface area (Å²) in [6.45, 7) is 4.42. The van der Waals surface area contributed by atoms with E-state index in [-0.39, 0.29) is 0 Å². The number of rotatable bonds is 2. The second kappa shape index (κ2) is 4.96. The van der Waals surface area contributed by atoms with E-state index in [0.717, 1.165) is 22.0 Å². The van der Waals surface area contributed by atoms with Crippen molar-refractivity contribution in [3.05, 3.63) is 10.9 Å². The van der Waals surface area contributed by atoms with Crippen molar-refractivity contribution in [3.8, 4) is 0 Å². The molecule has 2 aromatic rings. The molecule has 19 heavy (non-hydrogen) atoms. The van der Waals surface area contributed by atoms with Crippen molar-refractivity contribution in [2.75, 3.05) is 11.1 Å². The average molecular weight is 276 g/mol. The van der Waals surface area contributed by atoms with E-state index in [1.54, 1.807) is 11.3 Å². The smallest absolute Gasteiger partial charge is 0.223 e. The molecule has 5 heteroatoms. The number of aryl methyl sites for hydroxylation is 1. The zero-order valence-electron chi connectivity index (χ0n) is 11.4. The molecule has 0 radical (unpaired) electrons. The number of nitrogens with one attached hydrogen (secondary N) is 1. The summed E-state index contributed by atoms with van der Waals surface area (Å²) < 4.78 is 0. The first kappa shape index (κ1) is 12.7. The van der Waals surface area contributed by atoms with E-state index in [4.69, 9.17) is 5.73 Å². The van der Waals surface area contributed by atoms with Gasteiger partial charge in [-0.3, -0.25) is 0 Å². The van der Waals surface area contributed by atoms with Crippen LogP contribution in [0.1, 0.15) is 37.5 Å². The van der Waals surface area contributed by atoms with Crippen LogP contribution in [0.4, 0.5) is 11.8 Å². The minimum atomic E-state index is 0.362. The van der Waals surface area contributed by atoms with Crippen LogP contribution < -0.4 is 11.1 Å². The molecule has 3 rings (SSSR count). The molecule has 2 heterocycles. The summed E-state index contributed by atoms with van der Waals surface area (Å²) in [6, 6.07) is 2.66. The monoisotopic (exact) mass is 276 g/mol. The van der Waals surface area contributed by atoms with Crippen LogP contribution in [-0.4, -0.2) is 16.0 Å². The van der Waals surface area contributed by atoms with Crippen molar-refractivity contribution >= 4 is 33.3 Å². The van der Waals surface area contributed by atoms with Crippen molar-refractivity contribution in [2.45, 2.75) is 45.6 Å². The Balaban J connectivity index is 1.91. The molecular formula is C14H20N4S. The number of nitrogens with zero attached hydrogens (tertiary/aromatic N) is 2. The van der Waals surface area contributed by atoms with Gasteiger partial charge in [0.25, 0.3) is 0 Å². The number of nitrogen functional groups attached to an aromatic ring is 1. The molecule has 2 atom stereocenters. The standard InChI is InChI=1S/C14H20N4S/c1-8-4-3-5-10(6-8)16-12-11-7-9(2)19-13(11)18-14(15)17-12/h7-8,10H,3-6H2,1-2H3,(H3,15,16,17,18). The third kappa shape index (κ3) is 2.66. The highest BCUT2D eigenvalue weighted by Crippen LogP contribution is 2.32. The predicted octanol–water partition coefficient (Wildman–Crippen LogP) is 3.57. The number of nitrogens with two attached hydrogens (primary N) is 1. The summed E-state index contributed by atoms with van der Waals surface area (Å²) in [5.41, 5.74) is 5.81. The van der Waals surface area contributed by atoms with Crippen molar-refractivity contribution in [3.63, 3.8) is 0 Å². The number of thiophene rings is 1. The van der Waals surface area contributed by atoms with E-state index in [2.05, 4.69) is 35.2 Å². The molecule has 3 N–H and O–H groups in total. The first-order valence-electron chi connectivity index (χ1n) is 6.92. The van der Waals surface area contributed by atoms with Gasteiger partial charge >= 0.3 is 0 Å². The first-order valence-corrected chi connectivity index (χ1v) is 7.73. The van der Waals surface area contributed by atoms with Gasteiger partial charge in [-0.25, -0.2) is 4.98 Å². The molecule has 0 aromatic carbocycles. The quantitative estimate of drug-likeness (QED) is 0.880. The van der Waals surface area contributed by atoms with Crippen LogP contribution in [0.5, 0.6) is 0 Å². The van der Waals surface area contributed by atoms with Gasteiger partial charge in [-0.2, -0.15) is 4.98 Å². The molecular weight excluding hydrogens is 256 g/mol. The van der Waals surface area contributed by atoms with Crippen molar-refractivity contribution < 1.29 is 0 Å². The molecule has 4 nitrogen and oxygen atoms in total. The maximum absolute atomic E-state index is 5.81. The average Bonchev–Trinajstić information content (AvgIpc) is 2.69. The van der Waals surface area contributed by atoms with Crippen LogP contribution in [0.3, 0.4) is 0 Å². The predicted molar refractivity (Wildman–Crippen MR) is 81.6 cm³/mol. The minimum Gasteiger partial charge on any atom is -0.368 e. The Bertz CT molecular complexity index is 592. The zero-order chi connectivity index (χ0) is 13.4. The maximum Gasteiger partial charge on any atom is 0.223 e. The lowest BCUT2D eigenvalue weighted by molar-refractivity contribution is 0.358. The summed E-state index contributed by atoms with van der Waals surface area (Å²) in [7, 11) is 0. The molecule has 0 spiro atoms. The molecule has 1 saturated carbocycles. The summed E-state index contributed by atoms with van der Waals surface area (Å²) in [6.07, 6.45) is 5.08. The molecule has 102 valence electrons. The zero-order valence-corrected chi connectivity index (χ0v) is 12.3. The number of anilines is 2. The van der Waals surface area contributed by atoms with Crippen molar-refractivity contribution in [1.82, 2.24) is 9.97 Å². The van der Waals surface area contributed by atoms with Crippen molar-refractivity contribution in [1.29, 1.82) is 0 Å². The molecule has 1 aliphatic carbocycles. The highest BCUT2D eigenvalue weighted by molar-refractivity contribution is 7.18. The Hall–Kier alpha value is -1.36. The Morgan fingerprint density at radius 3 is 3.00 bits per heavy atom. The SMILES string of the molecule is Cc1cc2c(NC3CCCC(C)C3)nc(N)nc2s1. The maximum atomic E-state index is 5.81. The second-order valence-corrected chi connectivity index (χ2v) is 6.85. The third-order valence-electron chi connectivity index (χ3n) is 3.81. The molecule has 2 unspecified atom stereocenters. The van der Waals surface area contributed by atoms with Gasteiger partial charge in [-0.15, -0.1) is 11.3 Å². The fraction of sp³-hybridized carbons (Fsp3) is 0.571. The van der Waals surface area contributed by atoms with Gasteiger partial charge in [-0.05, 0) is 31.7 Å². The van der Waals surface area contributed by atoms with Crippen LogP contribution in [0, 0.1) is 12.8 Å². The minimum absolute atomic E-state index is 0.362. The van der Waals surface area contributed by atoms with Gasteiger partial charge in [0, 0.05) is 10.9 Å². The van der Waals surface area contributed by atoms with E-state index in [1.807, 2.05) is 0 Å². The number of aromatic nitrogens is 2. The molecule has 0 aliphatic heterocycles. The molecule has 0 saturated heterocycles. The fourth-order valence-corrected chi connectivity index (χ4v) is 3.81. The largest absolute Gasteiger partial charge is 0.368 e. The first-order chi connectivity index (χ1) is 9.11. The molecule has 0 bridgehead atoms. The number of hydrogen-bond acceptors (Lipinski definition) is 5.